The lowest BCUT2D eigenvalue weighted by Gasteiger charge is -2.27. The smallest absolute Gasteiger partial charge is 0.0597 e. The zero-order valence-electron chi connectivity index (χ0n) is 11.1. The van der Waals surface area contributed by atoms with Gasteiger partial charge >= 0.3 is 0 Å². The summed E-state index contributed by atoms with van der Waals surface area (Å²) in [5, 5.41) is 4.55. The highest BCUT2D eigenvalue weighted by Gasteiger charge is 2.39. The van der Waals surface area contributed by atoms with Crippen LogP contribution in [0.5, 0.6) is 0 Å². The van der Waals surface area contributed by atoms with Crippen molar-refractivity contribution >= 4 is 23.0 Å². The SMILES string of the molecule is CN(C)c1ccc(Cl)cc1NC1CC2CCC1C2. The van der Waals surface area contributed by atoms with E-state index in [1.165, 1.54) is 37.1 Å². The molecule has 0 saturated heterocycles. The second-order valence-corrected chi connectivity index (χ2v) is 6.42. The molecule has 2 fully saturated rings. The van der Waals surface area contributed by atoms with Crippen molar-refractivity contribution in [3.8, 4) is 0 Å². The van der Waals surface area contributed by atoms with Gasteiger partial charge in [0.05, 0.1) is 11.4 Å². The van der Waals surface area contributed by atoms with Crippen LogP contribution in [0.3, 0.4) is 0 Å². The van der Waals surface area contributed by atoms with Gasteiger partial charge in [0.25, 0.3) is 0 Å². The molecule has 2 nitrogen and oxygen atoms in total. The molecular formula is C15H21ClN2. The number of nitrogens with one attached hydrogen (secondary N) is 1. The molecule has 1 N–H and O–H groups in total. The number of nitrogens with zero attached hydrogens (tertiary/aromatic N) is 1. The number of benzene rings is 1. The molecular weight excluding hydrogens is 244 g/mol. The molecule has 2 aliphatic carbocycles. The molecule has 0 heterocycles. The van der Waals surface area contributed by atoms with Crippen molar-refractivity contribution in [2.75, 3.05) is 24.3 Å². The van der Waals surface area contributed by atoms with Crippen LogP contribution in [0, 0.1) is 11.8 Å². The first kappa shape index (κ1) is 12.2. The van der Waals surface area contributed by atoms with E-state index >= 15 is 0 Å². The van der Waals surface area contributed by atoms with Crippen LogP contribution in [0.1, 0.15) is 25.7 Å². The molecule has 0 spiro atoms. The fourth-order valence-electron chi connectivity index (χ4n) is 3.64. The van der Waals surface area contributed by atoms with E-state index < -0.39 is 0 Å². The summed E-state index contributed by atoms with van der Waals surface area (Å²) in [4.78, 5) is 2.14. The Hall–Kier alpha value is -0.890. The summed E-state index contributed by atoms with van der Waals surface area (Å²) in [6.45, 7) is 0. The monoisotopic (exact) mass is 264 g/mol. The van der Waals surface area contributed by atoms with Crippen LogP contribution in [0.15, 0.2) is 18.2 Å². The lowest BCUT2D eigenvalue weighted by molar-refractivity contribution is 0.440. The molecule has 2 aliphatic rings. The normalized spacial score (nSPS) is 29.6. The molecule has 18 heavy (non-hydrogen) atoms. The van der Waals surface area contributed by atoms with Gasteiger partial charge in [-0.25, -0.2) is 0 Å². The molecule has 1 aromatic rings. The molecule has 98 valence electrons. The maximum absolute atomic E-state index is 6.13. The molecule has 3 heteroatoms. The molecule has 3 atom stereocenters. The summed E-state index contributed by atoms with van der Waals surface area (Å²) in [5.41, 5.74) is 2.41. The maximum Gasteiger partial charge on any atom is 0.0597 e. The highest BCUT2D eigenvalue weighted by Crippen LogP contribution is 2.46. The first-order valence-corrected chi connectivity index (χ1v) is 7.24. The van der Waals surface area contributed by atoms with E-state index in [0.29, 0.717) is 6.04 Å². The minimum Gasteiger partial charge on any atom is -0.380 e. The quantitative estimate of drug-likeness (QED) is 0.888. The maximum atomic E-state index is 6.13. The second-order valence-electron chi connectivity index (χ2n) is 5.98. The summed E-state index contributed by atoms with van der Waals surface area (Å²) in [5.74, 6) is 1.85. The Morgan fingerprint density at radius 2 is 2.06 bits per heavy atom. The molecule has 0 aliphatic heterocycles. The standard InChI is InChI=1S/C15H21ClN2/c1-18(2)15-6-5-12(16)9-14(15)17-13-8-10-3-4-11(13)7-10/h5-6,9-11,13,17H,3-4,7-8H2,1-2H3. The number of rotatable bonds is 3. The number of hydrogen-bond donors (Lipinski definition) is 1. The van der Waals surface area contributed by atoms with Gasteiger partial charge in [-0.1, -0.05) is 18.0 Å². The minimum absolute atomic E-state index is 0.654. The van der Waals surface area contributed by atoms with Crippen LogP contribution < -0.4 is 10.2 Å². The number of halogens is 1. The van der Waals surface area contributed by atoms with E-state index in [-0.39, 0.29) is 0 Å². The van der Waals surface area contributed by atoms with E-state index in [0.717, 1.165) is 16.9 Å². The Balaban J connectivity index is 1.81. The van der Waals surface area contributed by atoms with Crippen molar-refractivity contribution in [2.24, 2.45) is 11.8 Å². The van der Waals surface area contributed by atoms with Crippen molar-refractivity contribution in [2.45, 2.75) is 31.7 Å². The first-order chi connectivity index (χ1) is 8.63. The third kappa shape index (κ3) is 2.18. The lowest BCUT2D eigenvalue weighted by atomic mass is 9.95. The summed E-state index contributed by atoms with van der Waals surface area (Å²) in [6.07, 6.45) is 5.61. The fourth-order valence-corrected chi connectivity index (χ4v) is 3.81. The minimum atomic E-state index is 0.654. The van der Waals surface area contributed by atoms with Crippen molar-refractivity contribution in [1.29, 1.82) is 0 Å². The van der Waals surface area contributed by atoms with Crippen LogP contribution in [-0.2, 0) is 0 Å². The molecule has 3 rings (SSSR count). The van der Waals surface area contributed by atoms with E-state index in [9.17, 15) is 0 Å². The van der Waals surface area contributed by atoms with Crippen molar-refractivity contribution in [3.63, 3.8) is 0 Å². The second kappa shape index (κ2) is 4.65. The summed E-state index contributed by atoms with van der Waals surface area (Å²) < 4.78 is 0. The highest BCUT2D eigenvalue weighted by atomic mass is 35.5. The van der Waals surface area contributed by atoms with E-state index in [1.807, 2.05) is 6.07 Å². The van der Waals surface area contributed by atoms with Crippen molar-refractivity contribution in [1.82, 2.24) is 0 Å². The van der Waals surface area contributed by atoms with Crippen LogP contribution in [-0.4, -0.2) is 20.1 Å². The molecule has 0 aromatic heterocycles. The predicted octanol–water partition coefficient (Wildman–Crippen LogP) is 4.01. The number of fused-ring (bicyclic) bond motifs is 2. The third-order valence-electron chi connectivity index (χ3n) is 4.52. The predicted molar refractivity (Wildman–Crippen MR) is 78.6 cm³/mol. The Labute approximate surface area is 114 Å². The average Bonchev–Trinajstić information content (AvgIpc) is 2.90. The zero-order chi connectivity index (χ0) is 12.7. The Kier molecular flexibility index (Phi) is 3.14. The molecule has 1 aromatic carbocycles. The van der Waals surface area contributed by atoms with Gasteiger partial charge in [0.2, 0.25) is 0 Å². The number of hydrogen-bond acceptors (Lipinski definition) is 2. The third-order valence-corrected chi connectivity index (χ3v) is 4.75. The van der Waals surface area contributed by atoms with Gasteiger partial charge in [0, 0.05) is 25.2 Å². The average molecular weight is 265 g/mol. The molecule has 2 bridgehead atoms. The van der Waals surface area contributed by atoms with Crippen LogP contribution in [0.2, 0.25) is 5.02 Å². The Morgan fingerprint density at radius 1 is 1.22 bits per heavy atom. The molecule has 0 radical (unpaired) electrons. The summed E-state index contributed by atoms with van der Waals surface area (Å²) in [7, 11) is 4.16. The van der Waals surface area contributed by atoms with Gasteiger partial charge in [0.15, 0.2) is 0 Å². The van der Waals surface area contributed by atoms with Gasteiger partial charge in [-0.3, -0.25) is 0 Å². The van der Waals surface area contributed by atoms with Gasteiger partial charge in [-0.15, -0.1) is 0 Å². The Morgan fingerprint density at radius 3 is 2.67 bits per heavy atom. The lowest BCUT2D eigenvalue weighted by Crippen LogP contribution is -2.27. The van der Waals surface area contributed by atoms with Gasteiger partial charge in [-0.2, -0.15) is 0 Å². The van der Waals surface area contributed by atoms with Gasteiger partial charge in [0.1, 0.15) is 0 Å². The largest absolute Gasteiger partial charge is 0.380 e. The molecule has 0 amide bonds. The van der Waals surface area contributed by atoms with E-state index in [4.69, 9.17) is 11.6 Å². The van der Waals surface area contributed by atoms with E-state index in [2.05, 4.69) is 36.4 Å². The number of anilines is 2. The van der Waals surface area contributed by atoms with Crippen LogP contribution in [0.4, 0.5) is 11.4 Å². The van der Waals surface area contributed by atoms with Crippen LogP contribution >= 0.6 is 11.6 Å². The van der Waals surface area contributed by atoms with Gasteiger partial charge < -0.3 is 10.2 Å². The summed E-state index contributed by atoms with van der Waals surface area (Å²) >= 11 is 6.13. The molecule has 3 unspecified atom stereocenters. The fraction of sp³-hybridized carbons (Fsp3) is 0.600. The summed E-state index contributed by atoms with van der Waals surface area (Å²) in [6, 6.07) is 6.77. The highest BCUT2D eigenvalue weighted by molar-refractivity contribution is 6.31. The van der Waals surface area contributed by atoms with Crippen LogP contribution in [0.25, 0.3) is 0 Å². The van der Waals surface area contributed by atoms with Crippen molar-refractivity contribution < 1.29 is 0 Å². The first-order valence-electron chi connectivity index (χ1n) is 6.87. The van der Waals surface area contributed by atoms with E-state index in [1.54, 1.807) is 0 Å². The van der Waals surface area contributed by atoms with Gasteiger partial charge in [-0.05, 0) is 49.3 Å². The van der Waals surface area contributed by atoms with Crippen molar-refractivity contribution in [3.05, 3.63) is 23.2 Å². The zero-order valence-corrected chi connectivity index (χ0v) is 11.9. The Bertz CT molecular complexity index is 444. The molecule has 2 saturated carbocycles. The topological polar surface area (TPSA) is 15.3 Å².